The predicted octanol–water partition coefficient (Wildman–Crippen LogP) is 4.62. The Hall–Kier alpha value is -3.27. The number of ether oxygens (including phenoxy) is 2. The number of rotatable bonds is 7. The Morgan fingerprint density at radius 1 is 0.889 bits per heavy atom. The number of aryl methyl sites for hydroxylation is 1. The van der Waals surface area contributed by atoms with Crippen molar-refractivity contribution in [3.8, 4) is 11.5 Å². The van der Waals surface area contributed by atoms with Crippen molar-refractivity contribution in [1.82, 2.24) is 0 Å². The van der Waals surface area contributed by atoms with Crippen LogP contribution in [0.25, 0.3) is 0 Å². The molecule has 0 radical (unpaired) electrons. The summed E-state index contributed by atoms with van der Waals surface area (Å²) in [5, 5.41) is 0. The summed E-state index contributed by atoms with van der Waals surface area (Å²) in [6.07, 6.45) is 0. The molecule has 0 bridgehead atoms. The minimum absolute atomic E-state index is 0.0683. The third kappa shape index (κ3) is 4.88. The number of hydrogen-bond acceptors (Lipinski definition) is 3. The Kier molecular flexibility index (Phi) is 6.10. The molecule has 4 heteroatoms. The van der Waals surface area contributed by atoms with Gasteiger partial charge >= 0.3 is 0 Å². The van der Waals surface area contributed by atoms with E-state index in [0.717, 1.165) is 16.8 Å². The summed E-state index contributed by atoms with van der Waals surface area (Å²) in [6, 6.07) is 25.2. The molecule has 3 rings (SSSR count). The summed E-state index contributed by atoms with van der Waals surface area (Å²) in [5.74, 6) is 1.06. The minimum atomic E-state index is -0.118. The van der Waals surface area contributed by atoms with Gasteiger partial charge in [0.25, 0.3) is 5.91 Å². The first-order valence-corrected chi connectivity index (χ1v) is 8.84. The number of benzene rings is 3. The van der Waals surface area contributed by atoms with Crippen LogP contribution in [0.5, 0.6) is 11.5 Å². The molecule has 3 aromatic rings. The summed E-state index contributed by atoms with van der Waals surface area (Å²) < 4.78 is 11.1. The van der Waals surface area contributed by atoms with Gasteiger partial charge in [0.05, 0.1) is 13.7 Å². The van der Waals surface area contributed by atoms with E-state index in [0.29, 0.717) is 18.0 Å². The van der Waals surface area contributed by atoms with Crippen molar-refractivity contribution in [3.63, 3.8) is 0 Å². The van der Waals surface area contributed by atoms with Crippen molar-refractivity contribution in [1.29, 1.82) is 0 Å². The van der Waals surface area contributed by atoms with Crippen molar-refractivity contribution in [2.24, 2.45) is 0 Å². The van der Waals surface area contributed by atoms with Gasteiger partial charge in [0.1, 0.15) is 0 Å². The van der Waals surface area contributed by atoms with E-state index in [1.54, 1.807) is 12.0 Å². The number of methoxy groups -OCH3 is 1. The molecule has 0 aliphatic carbocycles. The maximum atomic E-state index is 12.9. The largest absolute Gasteiger partial charge is 0.493 e. The number of hydrogen-bond donors (Lipinski definition) is 0. The fourth-order valence-electron chi connectivity index (χ4n) is 2.81. The Balaban J connectivity index is 1.77. The van der Waals surface area contributed by atoms with Crippen molar-refractivity contribution >= 4 is 11.6 Å². The average Bonchev–Trinajstić information content (AvgIpc) is 2.72. The number of nitrogens with zero attached hydrogens (tertiary/aromatic N) is 1. The minimum Gasteiger partial charge on any atom is -0.493 e. The second kappa shape index (κ2) is 8.90. The van der Waals surface area contributed by atoms with Crippen LogP contribution in [0.15, 0.2) is 78.9 Å². The highest BCUT2D eigenvalue weighted by atomic mass is 16.5. The van der Waals surface area contributed by atoms with Crippen LogP contribution in [0.3, 0.4) is 0 Å². The topological polar surface area (TPSA) is 38.8 Å². The van der Waals surface area contributed by atoms with E-state index in [1.165, 1.54) is 0 Å². The Bertz CT molecular complexity index is 879. The van der Waals surface area contributed by atoms with Crippen LogP contribution < -0.4 is 14.4 Å². The first-order chi connectivity index (χ1) is 13.2. The molecule has 3 aromatic carbocycles. The maximum Gasteiger partial charge on any atom is 0.265 e. The third-order valence-corrected chi connectivity index (χ3v) is 4.22. The highest BCUT2D eigenvalue weighted by Gasteiger charge is 2.17. The molecule has 4 nitrogen and oxygen atoms in total. The SMILES string of the molecule is COc1cc(C)ccc1OCC(=O)N(Cc1ccccc1)c1ccccc1. The predicted molar refractivity (Wildman–Crippen MR) is 107 cm³/mol. The van der Waals surface area contributed by atoms with Gasteiger partial charge in [-0.3, -0.25) is 4.79 Å². The zero-order valence-electron chi connectivity index (χ0n) is 15.6. The van der Waals surface area contributed by atoms with Crippen molar-refractivity contribution in [2.45, 2.75) is 13.5 Å². The monoisotopic (exact) mass is 361 g/mol. The average molecular weight is 361 g/mol. The lowest BCUT2D eigenvalue weighted by molar-refractivity contribution is -0.120. The summed E-state index contributed by atoms with van der Waals surface area (Å²) in [6.45, 7) is 2.40. The quantitative estimate of drug-likeness (QED) is 0.616. The van der Waals surface area contributed by atoms with E-state index < -0.39 is 0 Å². The first-order valence-electron chi connectivity index (χ1n) is 8.84. The Labute approximate surface area is 160 Å². The molecule has 0 saturated heterocycles. The van der Waals surface area contributed by atoms with Crippen LogP contribution in [-0.4, -0.2) is 19.6 Å². The highest BCUT2D eigenvalue weighted by Crippen LogP contribution is 2.28. The van der Waals surface area contributed by atoms with E-state index in [9.17, 15) is 4.79 Å². The van der Waals surface area contributed by atoms with Crippen LogP contribution in [0.2, 0.25) is 0 Å². The Morgan fingerprint density at radius 3 is 2.22 bits per heavy atom. The highest BCUT2D eigenvalue weighted by molar-refractivity contribution is 5.94. The van der Waals surface area contributed by atoms with Crippen LogP contribution in [0, 0.1) is 6.92 Å². The number of carbonyl (C=O) groups excluding carboxylic acids is 1. The van der Waals surface area contributed by atoms with E-state index in [-0.39, 0.29) is 12.5 Å². The number of anilines is 1. The second-order valence-electron chi connectivity index (χ2n) is 6.24. The van der Waals surface area contributed by atoms with Crippen molar-refractivity contribution in [2.75, 3.05) is 18.6 Å². The van der Waals surface area contributed by atoms with Crippen LogP contribution >= 0.6 is 0 Å². The lowest BCUT2D eigenvalue weighted by Gasteiger charge is -2.23. The number of para-hydroxylation sites is 1. The molecule has 0 atom stereocenters. The normalized spacial score (nSPS) is 10.3. The van der Waals surface area contributed by atoms with Gasteiger partial charge in [-0.2, -0.15) is 0 Å². The summed E-state index contributed by atoms with van der Waals surface area (Å²) in [7, 11) is 1.59. The van der Waals surface area contributed by atoms with E-state index in [4.69, 9.17) is 9.47 Å². The van der Waals surface area contributed by atoms with Gasteiger partial charge in [-0.15, -0.1) is 0 Å². The summed E-state index contributed by atoms with van der Waals surface area (Å²) in [5.41, 5.74) is 2.97. The smallest absolute Gasteiger partial charge is 0.265 e. The molecular weight excluding hydrogens is 338 g/mol. The second-order valence-corrected chi connectivity index (χ2v) is 6.24. The van der Waals surface area contributed by atoms with E-state index in [2.05, 4.69) is 0 Å². The van der Waals surface area contributed by atoms with E-state index in [1.807, 2.05) is 85.8 Å². The molecule has 27 heavy (non-hydrogen) atoms. The lowest BCUT2D eigenvalue weighted by Crippen LogP contribution is -2.34. The molecule has 0 fully saturated rings. The maximum absolute atomic E-state index is 12.9. The summed E-state index contributed by atoms with van der Waals surface area (Å²) in [4.78, 5) is 14.7. The summed E-state index contributed by atoms with van der Waals surface area (Å²) >= 11 is 0. The van der Waals surface area contributed by atoms with Gasteiger partial charge < -0.3 is 14.4 Å². The molecule has 0 heterocycles. The fraction of sp³-hybridized carbons (Fsp3) is 0.174. The molecule has 0 spiro atoms. The molecule has 138 valence electrons. The zero-order chi connectivity index (χ0) is 19.1. The molecular formula is C23H23NO3. The Morgan fingerprint density at radius 2 is 1.56 bits per heavy atom. The molecule has 0 saturated carbocycles. The van der Waals surface area contributed by atoms with Crippen molar-refractivity contribution < 1.29 is 14.3 Å². The third-order valence-electron chi connectivity index (χ3n) is 4.22. The van der Waals surface area contributed by atoms with E-state index >= 15 is 0 Å². The van der Waals surface area contributed by atoms with Gasteiger partial charge in [-0.05, 0) is 42.3 Å². The number of amides is 1. The number of carbonyl (C=O) groups is 1. The van der Waals surface area contributed by atoms with Crippen molar-refractivity contribution in [3.05, 3.63) is 90.0 Å². The molecule has 0 aromatic heterocycles. The molecule has 0 N–H and O–H groups in total. The molecule has 0 aliphatic heterocycles. The van der Waals surface area contributed by atoms with Gasteiger partial charge in [-0.1, -0.05) is 54.6 Å². The molecule has 1 amide bonds. The first kappa shape index (κ1) is 18.5. The fourth-order valence-corrected chi connectivity index (χ4v) is 2.81. The molecule has 0 unspecified atom stereocenters. The zero-order valence-corrected chi connectivity index (χ0v) is 15.6. The standard InChI is InChI=1S/C23H23NO3/c1-18-13-14-21(22(15-18)26-2)27-17-23(25)24(20-11-7-4-8-12-20)16-19-9-5-3-6-10-19/h3-15H,16-17H2,1-2H3. The van der Waals surface area contributed by atoms with Gasteiger partial charge in [0.2, 0.25) is 0 Å². The molecule has 0 aliphatic rings. The van der Waals surface area contributed by atoms with Crippen LogP contribution in [-0.2, 0) is 11.3 Å². The van der Waals surface area contributed by atoms with Crippen LogP contribution in [0.1, 0.15) is 11.1 Å². The van der Waals surface area contributed by atoms with Gasteiger partial charge in [-0.25, -0.2) is 0 Å². The van der Waals surface area contributed by atoms with Gasteiger partial charge in [0, 0.05) is 5.69 Å². The lowest BCUT2D eigenvalue weighted by atomic mass is 10.2. The van der Waals surface area contributed by atoms with Gasteiger partial charge in [0.15, 0.2) is 18.1 Å². The van der Waals surface area contributed by atoms with Crippen LogP contribution in [0.4, 0.5) is 5.69 Å².